The molecule has 0 bridgehead atoms. The van der Waals surface area contributed by atoms with Crippen LogP contribution in [0.15, 0.2) is 0 Å². The maximum Gasteiger partial charge on any atom is 0.222 e. The number of nitrogens with one attached hydrogen (secondary N) is 1. The normalized spacial score (nSPS) is 25.2. The molecule has 21 heavy (non-hydrogen) atoms. The van der Waals surface area contributed by atoms with E-state index in [9.17, 15) is 4.79 Å². The first-order valence-corrected chi connectivity index (χ1v) is 8.42. The van der Waals surface area contributed by atoms with Crippen molar-refractivity contribution in [2.24, 2.45) is 5.92 Å². The van der Waals surface area contributed by atoms with Gasteiger partial charge in [-0.05, 0) is 45.2 Å². The van der Waals surface area contributed by atoms with Crippen molar-refractivity contribution in [2.45, 2.75) is 38.6 Å². The van der Waals surface area contributed by atoms with E-state index in [4.69, 9.17) is 4.74 Å². The molecule has 2 aliphatic rings. The summed E-state index contributed by atoms with van der Waals surface area (Å²) < 4.78 is 5.15. The van der Waals surface area contributed by atoms with Crippen molar-refractivity contribution >= 4 is 5.91 Å². The molecule has 122 valence electrons. The highest BCUT2D eigenvalue weighted by molar-refractivity contribution is 5.76. The summed E-state index contributed by atoms with van der Waals surface area (Å²) in [6.45, 7) is 8.91. The maximum absolute atomic E-state index is 12.4. The molecule has 0 aromatic rings. The molecule has 2 fully saturated rings. The van der Waals surface area contributed by atoms with Gasteiger partial charge in [0.25, 0.3) is 0 Å². The van der Waals surface area contributed by atoms with Crippen molar-refractivity contribution < 1.29 is 9.53 Å². The van der Waals surface area contributed by atoms with E-state index in [2.05, 4.69) is 22.0 Å². The number of methoxy groups -OCH3 is 1. The second kappa shape index (κ2) is 8.71. The van der Waals surface area contributed by atoms with Crippen molar-refractivity contribution in [3.8, 4) is 0 Å². The van der Waals surface area contributed by atoms with Crippen LogP contribution in [0.2, 0.25) is 0 Å². The standard InChI is InChI=1S/C16H31N3O2/c1-14-13-19(10-9-18(14)11-12-21-2)16(20)4-3-15-5-7-17-8-6-15/h14-15,17H,3-13H2,1-2H3. The van der Waals surface area contributed by atoms with Crippen LogP contribution in [0.3, 0.4) is 0 Å². The van der Waals surface area contributed by atoms with Gasteiger partial charge in [-0.15, -0.1) is 0 Å². The monoisotopic (exact) mass is 297 g/mol. The van der Waals surface area contributed by atoms with E-state index in [-0.39, 0.29) is 0 Å². The van der Waals surface area contributed by atoms with Gasteiger partial charge in [-0.2, -0.15) is 0 Å². The number of piperazine rings is 1. The Labute approximate surface area is 129 Å². The third-order valence-corrected chi connectivity index (χ3v) is 4.93. The molecule has 2 rings (SSSR count). The number of carbonyl (C=O) groups is 1. The lowest BCUT2D eigenvalue weighted by molar-refractivity contribution is -0.134. The van der Waals surface area contributed by atoms with Crippen LogP contribution >= 0.6 is 0 Å². The fourth-order valence-corrected chi connectivity index (χ4v) is 3.42. The van der Waals surface area contributed by atoms with Gasteiger partial charge in [-0.1, -0.05) is 0 Å². The second-order valence-corrected chi connectivity index (χ2v) is 6.45. The maximum atomic E-state index is 12.4. The number of hydrogen-bond acceptors (Lipinski definition) is 4. The molecule has 1 amide bonds. The average molecular weight is 297 g/mol. The minimum Gasteiger partial charge on any atom is -0.383 e. The van der Waals surface area contributed by atoms with Gasteiger partial charge in [0.05, 0.1) is 6.61 Å². The van der Waals surface area contributed by atoms with E-state index in [0.717, 1.165) is 64.6 Å². The Morgan fingerprint density at radius 2 is 2.05 bits per heavy atom. The Hall–Kier alpha value is -0.650. The number of ether oxygens (including phenoxy) is 1. The Balaban J connectivity index is 1.68. The molecule has 2 aliphatic heterocycles. The van der Waals surface area contributed by atoms with Crippen molar-refractivity contribution in [1.29, 1.82) is 0 Å². The fraction of sp³-hybridized carbons (Fsp3) is 0.938. The molecule has 0 radical (unpaired) electrons. The molecule has 2 saturated heterocycles. The quantitative estimate of drug-likeness (QED) is 0.793. The topological polar surface area (TPSA) is 44.8 Å². The van der Waals surface area contributed by atoms with Crippen molar-refractivity contribution in [3.05, 3.63) is 0 Å². The van der Waals surface area contributed by atoms with Gasteiger partial charge < -0.3 is 15.0 Å². The fourth-order valence-electron chi connectivity index (χ4n) is 3.42. The lowest BCUT2D eigenvalue weighted by atomic mass is 9.93. The Morgan fingerprint density at radius 1 is 1.29 bits per heavy atom. The summed E-state index contributed by atoms with van der Waals surface area (Å²) in [6.07, 6.45) is 4.26. The van der Waals surface area contributed by atoms with E-state index >= 15 is 0 Å². The minimum atomic E-state index is 0.353. The molecule has 0 aliphatic carbocycles. The highest BCUT2D eigenvalue weighted by Gasteiger charge is 2.26. The van der Waals surface area contributed by atoms with Crippen LogP contribution in [-0.2, 0) is 9.53 Å². The molecule has 0 spiro atoms. The lowest BCUT2D eigenvalue weighted by Crippen LogP contribution is -2.54. The van der Waals surface area contributed by atoms with E-state index < -0.39 is 0 Å². The van der Waals surface area contributed by atoms with Crippen LogP contribution in [0.4, 0.5) is 0 Å². The molecule has 1 atom stereocenters. The summed E-state index contributed by atoms with van der Waals surface area (Å²) in [7, 11) is 1.74. The van der Waals surface area contributed by atoms with E-state index in [0.29, 0.717) is 11.9 Å². The van der Waals surface area contributed by atoms with E-state index in [1.165, 1.54) is 12.8 Å². The zero-order chi connectivity index (χ0) is 15.1. The third-order valence-electron chi connectivity index (χ3n) is 4.93. The molecule has 1 unspecified atom stereocenters. The molecule has 0 aromatic carbocycles. The van der Waals surface area contributed by atoms with Gasteiger partial charge in [-0.3, -0.25) is 9.69 Å². The summed E-state index contributed by atoms with van der Waals surface area (Å²) in [4.78, 5) is 16.9. The van der Waals surface area contributed by atoms with Gasteiger partial charge in [0, 0.05) is 45.8 Å². The number of rotatable bonds is 6. The molecule has 5 heteroatoms. The van der Waals surface area contributed by atoms with E-state index in [1.807, 2.05) is 0 Å². The SMILES string of the molecule is COCCN1CCN(C(=O)CCC2CCNCC2)CC1C. The van der Waals surface area contributed by atoms with Gasteiger partial charge in [0.1, 0.15) is 0 Å². The first-order chi connectivity index (χ1) is 10.2. The lowest BCUT2D eigenvalue weighted by Gasteiger charge is -2.40. The van der Waals surface area contributed by atoms with E-state index in [1.54, 1.807) is 7.11 Å². The third kappa shape index (κ3) is 5.24. The molecule has 2 heterocycles. The van der Waals surface area contributed by atoms with Crippen LogP contribution in [-0.4, -0.2) is 74.7 Å². The van der Waals surface area contributed by atoms with Gasteiger partial charge >= 0.3 is 0 Å². The predicted molar refractivity (Wildman–Crippen MR) is 84.3 cm³/mol. The minimum absolute atomic E-state index is 0.353. The Morgan fingerprint density at radius 3 is 2.71 bits per heavy atom. The van der Waals surface area contributed by atoms with Gasteiger partial charge in [-0.25, -0.2) is 0 Å². The first-order valence-electron chi connectivity index (χ1n) is 8.42. The van der Waals surface area contributed by atoms with Crippen molar-refractivity contribution in [3.63, 3.8) is 0 Å². The van der Waals surface area contributed by atoms with Crippen molar-refractivity contribution in [2.75, 3.05) is 53.0 Å². The zero-order valence-electron chi connectivity index (χ0n) is 13.6. The van der Waals surface area contributed by atoms with Crippen molar-refractivity contribution in [1.82, 2.24) is 15.1 Å². The first kappa shape index (κ1) is 16.7. The zero-order valence-corrected chi connectivity index (χ0v) is 13.6. The second-order valence-electron chi connectivity index (χ2n) is 6.45. The summed E-state index contributed by atoms with van der Waals surface area (Å²) in [5.41, 5.74) is 0. The van der Waals surface area contributed by atoms with Crippen LogP contribution < -0.4 is 5.32 Å². The largest absolute Gasteiger partial charge is 0.383 e. The van der Waals surface area contributed by atoms with Gasteiger partial charge in [0.2, 0.25) is 5.91 Å². The summed E-state index contributed by atoms with van der Waals surface area (Å²) in [5, 5.41) is 3.38. The number of nitrogens with zero attached hydrogens (tertiary/aromatic N) is 2. The van der Waals surface area contributed by atoms with Crippen LogP contribution in [0.25, 0.3) is 0 Å². The molecule has 0 aromatic heterocycles. The highest BCUT2D eigenvalue weighted by Crippen LogP contribution is 2.19. The number of carbonyl (C=O) groups excluding carboxylic acids is 1. The Bertz CT molecular complexity index is 319. The van der Waals surface area contributed by atoms with Crippen LogP contribution in [0.5, 0.6) is 0 Å². The number of hydrogen-bond donors (Lipinski definition) is 1. The molecule has 5 nitrogen and oxygen atoms in total. The van der Waals surface area contributed by atoms with Crippen LogP contribution in [0.1, 0.15) is 32.6 Å². The number of amides is 1. The van der Waals surface area contributed by atoms with Crippen LogP contribution in [0, 0.1) is 5.92 Å². The molecular formula is C16H31N3O2. The summed E-state index contributed by atoms with van der Waals surface area (Å²) >= 11 is 0. The molecule has 0 saturated carbocycles. The van der Waals surface area contributed by atoms with Gasteiger partial charge in [0.15, 0.2) is 0 Å². The summed E-state index contributed by atoms with van der Waals surface area (Å²) in [5.74, 6) is 1.10. The Kier molecular flexibility index (Phi) is 6.93. The molecule has 1 N–H and O–H groups in total. The molecular weight excluding hydrogens is 266 g/mol. The predicted octanol–water partition coefficient (Wildman–Crippen LogP) is 0.945. The summed E-state index contributed by atoms with van der Waals surface area (Å²) in [6, 6.07) is 0.441. The number of piperidine rings is 1. The highest BCUT2D eigenvalue weighted by atomic mass is 16.5. The average Bonchev–Trinajstić information content (AvgIpc) is 2.52. The smallest absolute Gasteiger partial charge is 0.222 e.